The Balaban J connectivity index is 1.60. The van der Waals surface area contributed by atoms with E-state index in [-0.39, 0.29) is 35.5 Å². The maximum Gasteiger partial charge on any atom is 0.258 e. The number of nitrogens with one attached hydrogen (secondary N) is 3. The maximum atomic E-state index is 13.0. The molecule has 1 atom stereocenters. The van der Waals surface area contributed by atoms with Crippen molar-refractivity contribution in [3.63, 3.8) is 0 Å². The van der Waals surface area contributed by atoms with Crippen molar-refractivity contribution < 1.29 is 14.4 Å². The van der Waals surface area contributed by atoms with Gasteiger partial charge >= 0.3 is 0 Å². The first-order valence-corrected chi connectivity index (χ1v) is 10.6. The van der Waals surface area contributed by atoms with Crippen LogP contribution in [0.2, 0.25) is 0 Å². The molecule has 2 aliphatic rings. The molecule has 0 bridgehead atoms. The van der Waals surface area contributed by atoms with Gasteiger partial charge in [-0.3, -0.25) is 24.2 Å². The fourth-order valence-electron chi connectivity index (χ4n) is 4.39. The summed E-state index contributed by atoms with van der Waals surface area (Å²) in [5.74, 6) is -1.91. The molecule has 1 aromatic carbocycles. The second-order valence-electron chi connectivity index (χ2n) is 8.49. The Morgan fingerprint density at radius 3 is 2.41 bits per heavy atom. The van der Waals surface area contributed by atoms with Gasteiger partial charge < -0.3 is 21.3 Å². The molecule has 10 heteroatoms. The minimum atomic E-state index is -0.953. The van der Waals surface area contributed by atoms with Crippen molar-refractivity contribution in [3.8, 4) is 0 Å². The number of piperidine rings is 1. The van der Waals surface area contributed by atoms with Crippen molar-refractivity contribution >= 4 is 35.2 Å². The smallest absolute Gasteiger partial charge is 0.258 e. The van der Waals surface area contributed by atoms with Gasteiger partial charge in [-0.1, -0.05) is 6.07 Å². The van der Waals surface area contributed by atoms with Gasteiger partial charge in [0.15, 0.2) is 0 Å². The van der Waals surface area contributed by atoms with Gasteiger partial charge in [0.1, 0.15) is 5.82 Å². The van der Waals surface area contributed by atoms with E-state index in [2.05, 4.69) is 20.6 Å². The summed E-state index contributed by atoms with van der Waals surface area (Å²) < 4.78 is 0. The molecule has 0 spiro atoms. The van der Waals surface area contributed by atoms with Gasteiger partial charge in [-0.25, -0.2) is 0 Å². The number of primary amides is 1. The van der Waals surface area contributed by atoms with Gasteiger partial charge in [-0.2, -0.15) is 4.98 Å². The molecule has 0 saturated carbocycles. The number of nitrogens with two attached hydrogens (primary N) is 1. The van der Waals surface area contributed by atoms with Gasteiger partial charge in [-0.05, 0) is 49.9 Å². The third kappa shape index (κ3) is 4.34. The molecule has 1 saturated heterocycles. The molecule has 1 unspecified atom stereocenters. The molecule has 2 aliphatic heterocycles. The zero-order chi connectivity index (χ0) is 23.0. The Labute approximate surface area is 184 Å². The van der Waals surface area contributed by atoms with E-state index in [4.69, 9.17) is 5.73 Å². The lowest BCUT2D eigenvalue weighted by atomic mass is 9.92. The minimum absolute atomic E-state index is 0.0950. The second-order valence-corrected chi connectivity index (χ2v) is 8.49. The number of benzene rings is 1. The highest BCUT2D eigenvalue weighted by Gasteiger charge is 2.35. The molecule has 4 rings (SSSR count). The zero-order valence-corrected chi connectivity index (χ0v) is 18.0. The second kappa shape index (κ2) is 8.45. The number of hydrogen-bond donors (Lipinski definition) is 4. The largest absolute Gasteiger partial charge is 0.369 e. The summed E-state index contributed by atoms with van der Waals surface area (Å²) in [5, 5.41) is 5.45. The van der Waals surface area contributed by atoms with E-state index < -0.39 is 17.4 Å². The number of H-pyrrole nitrogens is 1. The number of rotatable bonds is 4. The van der Waals surface area contributed by atoms with Crippen molar-refractivity contribution in [3.05, 3.63) is 45.2 Å². The van der Waals surface area contributed by atoms with Crippen LogP contribution in [0.3, 0.4) is 0 Å². The Kier molecular flexibility index (Phi) is 5.68. The standard InChI is InChI=1S/C22H26N6O4/c1-11-7-12(2)9-14(8-11)24-20(31)15-10-16(29)25-19-17(15)21(32)27-22(26-19)28-5-3-13(4-6-28)18(23)30/h7-9,13,15H,3-6,10H2,1-2H3,(H2,23,30)(H,24,31)(H2,25,26,27,29,32). The van der Waals surface area contributed by atoms with E-state index >= 15 is 0 Å². The molecular weight excluding hydrogens is 412 g/mol. The van der Waals surface area contributed by atoms with E-state index in [9.17, 15) is 19.2 Å². The number of carbonyl (C=O) groups is 3. The van der Waals surface area contributed by atoms with E-state index in [1.54, 1.807) is 0 Å². The van der Waals surface area contributed by atoms with Crippen molar-refractivity contribution in [1.29, 1.82) is 0 Å². The quantitative estimate of drug-likeness (QED) is 0.562. The van der Waals surface area contributed by atoms with Crippen LogP contribution in [-0.4, -0.2) is 40.8 Å². The molecule has 5 N–H and O–H groups in total. The third-order valence-corrected chi connectivity index (χ3v) is 5.94. The summed E-state index contributed by atoms with van der Waals surface area (Å²) in [7, 11) is 0. The third-order valence-electron chi connectivity index (χ3n) is 5.94. The lowest BCUT2D eigenvalue weighted by Crippen LogP contribution is -2.41. The highest BCUT2D eigenvalue weighted by Crippen LogP contribution is 2.31. The molecule has 2 aromatic rings. The number of hydrogen-bond acceptors (Lipinski definition) is 6. The van der Waals surface area contributed by atoms with Crippen LogP contribution in [0.1, 0.15) is 41.9 Å². The molecule has 0 radical (unpaired) electrons. The summed E-state index contributed by atoms with van der Waals surface area (Å²) >= 11 is 0. The van der Waals surface area contributed by atoms with Crippen LogP contribution in [-0.2, 0) is 14.4 Å². The predicted octanol–water partition coefficient (Wildman–Crippen LogP) is 1.15. The lowest BCUT2D eigenvalue weighted by Gasteiger charge is -2.32. The first kappa shape index (κ1) is 21.5. The number of amides is 3. The van der Waals surface area contributed by atoms with Gasteiger partial charge in [-0.15, -0.1) is 0 Å². The number of nitrogens with zero attached hydrogens (tertiary/aromatic N) is 2. The number of aromatic nitrogens is 2. The maximum absolute atomic E-state index is 13.0. The summed E-state index contributed by atoms with van der Waals surface area (Å²) in [6.07, 6.45) is 0.977. The topological polar surface area (TPSA) is 150 Å². The summed E-state index contributed by atoms with van der Waals surface area (Å²) in [6, 6.07) is 5.65. The van der Waals surface area contributed by atoms with Gasteiger partial charge in [0.2, 0.25) is 23.7 Å². The van der Waals surface area contributed by atoms with Crippen molar-refractivity contribution in [2.24, 2.45) is 11.7 Å². The first-order valence-electron chi connectivity index (χ1n) is 10.6. The van der Waals surface area contributed by atoms with Gasteiger partial charge in [0, 0.05) is 31.1 Å². The lowest BCUT2D eigenvalue weighted by molar-refractivity contribution is -0.123. The Bertz CT molecular complexity index is 1130. The molecule has 168 valence electrons. The van der Waals surface area contributed by atoms with Crippen LogP contribution >= 0.6 is 0 Å². The van der Waals surface area contributed by atoms with Crippen LogP contribution in [0, 0.1) is 19.8 Å². The SMILES string of the molecule is Cc1cc(C)cc(NC(=O)C2CC(=O)Nc3nc(N4CCC(C(N)=O)CC4)[nH]c(=O)c32)c1. The van der Waals surface area contributed by atoms with Crippen molar-refractivity contribution in [2.75, 3.05) is 28.6 Å². The average Bonchev–Trinajstić information content (AvgIpc) is 2.72. The van der Waals surface area contributed by atoms with E-state index in [1.807, 2.05) is 36.9 Å². The Hall–Kier alpha value is -3.69. The summed E-state index contributed by atoms with van der Waals surface area (Å²) in [6.45, 7) is 4.85. The first-order chi connectivity index (χ1) is 15.2. The van der Waals surface area contributed by atoms with Crippen molar-refractivity contribution in [2.45, 2.75) is 39.0 Å². The van der Waals surface area contributed by atoms with E-state index in [0.717, 1.165) is 11.1 Å². The predicted molar refractivity (Wildman–Crippen MR) is 120 cm³/mol. The van der Waals surface area contributed by atoms with E-state index in [0.29, 0.717) is 37.6 Å². The highest BCUT2D eigenvalue weighted by molar-refractivity contribution is 6.04. The molecule has 0 aliphatic carbocycles. The highest BCUT2D eigenvalue weighted by atomic mass is 16.2. The fourth-order valence-corrected chi connectivity index (χ4v) is 4.39. The summed E-state index contributed by atoms with van der Waals surface area (Å²) in [4.78, 5) is 58.7. The number of aromatic amines is 1. The molecule has 10 nitrogen and oxygen atoms in total. The minimum Gasteiger partial charge on any atom is -0.369 e. The molecule has 32 heavy (non-hydrogen) atoms. The van der Waals surface area contributed by atoms with E-state index in [1.165, 1.54) is 0 Å². The number of aryl methyl sites for hydroxylation is 2. The normalized spacial score (nSPS) is 18.6. The van der Waals surface area contributed by atoms with Crippen LogP contribution in [0.15, 0.2) is 23.0 Å². The monoisotopic (exact) mass is 438 g/mol. The van der Waals surface area contributed by atoms with Gasteiger partial charge in [0.25, 0.3) is 5.56 Å². The average molecular weight is 438 g/mol. The molecule has 3 heterocycles. The van der Waals surface area contributed by atoms with Crippen molar-refractivity contribution in [1.82, 2.24) is 9.97 Å². The van der Waals surface area contributed by atoms with Gasteiger partial charge in [0.05, 0.1) is 11.5 Å². The van der Waals surface area contributed by atoms with Crippen LogP contribution < -0.4 is 26.8 Å². The Morgan fingerprint density at radius 1 is 1.12 bits per heavy atom. The number of carbonyl (C=O) groups excluding carboxylic acids is 3. The molecule has 3 amide bonds. The summed E-state index contributed by atoms with van der Waals surface area (Å²) in [5.41, 5.74) is 7.65. The van der Waals surface area contributed by atoms with Crippen LogP contribution in [0.5, 0.6) is 0 Å². The van der Waals surface area contributed by atoms with Crippen LogP contribution in [0.25, 0.3) is 0 Å². The Morgan fingerprint density at radius 2 is 1.78 bits per heavy atom. The number of anilines is 3. The molecule has 1 fully saturated rings. The van der Waals surface area contributed by atoms with Crippen LogP contribution in [0.4, 0.5) is 17.5 Å². The molecule has 1 aromatic heterocycles. The number of fused-ring (bicyclic) bond motifs is 1. The fraction of sp³-hybridized carbons (Fsp3) is 0.409. The zero-order valence-electron chi connectivity index (χ0n) is 18.0. The molecular formula is C22H26N6O4.